The van der Waals surface area contributed by atoms with Crippen LogP contribution in [0, 0.1) is 0 Å². The van der Waals surface area contributed by atoms with Crippen LogP contribution in [0.1, 0.15) is 64.2 Å². The van der Waals surface area contributed by atoms with Crippen LogP contribution in [0.5, 0.6) is 0 Å². The minimum absolute atomic E-state index is 0.484. The first kappa shape index (κ1) is 15.6. The fraction of sp³-hybridized carbons (Fsp3) is 1.00. The largest absolute Gasteiger partial charge is 0.299 e. The SMILES string of the molecule is O=S1C2CCC(N3CCCCC3)C1CCC2N1CCCCC1. The molecule has 4 aliphatic rings. The zero-order valence-corrected chi connectivity index (χ0v) is 14.7. The van der Waals surface area contributed by atoms with Crippen molar-refractivity contribution < 1.29 is 4.21 Å². The number of likely N-dealkylation sites (tertiary alicyclic amines) is 2. The van der Waals surface area contributed by atoms with Gasteiger partial charge in [-0.25, -0.2) is 0 Å². The van der Waals surface area contributed by atoms with Crippen molar-refractivity contribution >= 4 is 10.8 Å². The first-order valence-electron chi connectivity index (χ1n) is 9.72. The van der Waals surface area contributed by atoms with Crippen LogP contribution in [0.3, 0.4) is 0 Å². The third kappa shape index (κ3) is 2.91. The smallest absolute Gasteiger partial charge is 0.0507 e. The van der Waals surface area contributed by atoms with Gasteiger partial charge in [0.15, 0.2) is 0 Å². The summed E-state index contributed by atoms with van der Waals surface area (Å²) in [5.41, 5.74) is 0. The maximum absolute atomic E-state index is 13.2. The summed E-state index contributed by atoms with van der Waals surface area (Å²) in [5, 5.41) is 0.968. The normalized spacial score (nSPS) is 44.8. The van der Waals surface area contributed by atoms with Gasteiger partial charge in [0.25, 0.3) is 0 Å². The summed E-state index contributed by atoms with van der Waals surface area (Å²) in [6.45, 7) is 5.05. The van der Waals surface area contributed by atoms with E-state index in [4.69, 9.17) is 0 Å². The molecular formula is C18H32N2OS. The molecule has 0 amide bonds. The van der Waals surface area contributed by atoms with Crippen LogP contribution >= 0.6 is 0 Å². The summed E-state index contributed by atoms with van der Waals surface area (Å²) in [7, 11) is -0.583. The van der Waals surface area contributed by atoms with Crippen LogP contribution in [0.4, 0.5) is 0 Å². The summed E-state index contributed by atoms with van der Waals surface area (Å²) < 4.78 is 13.2. The van der Waals surface area contributed by atoms with E-state index in [9.17, 15) is 4.21 Å². The molecular weight excluding hydrogens is 292 g/mol. The monoisotopic (exact) mass is 324 g/mol. The lowest BCUT2D eigenvalue weighted by Gasteiger charge is -2.51. The first-order chi connectivity index (χ1) is 10.8. The van der Waals surface area contributed by atoms with Crippen molar-refractivity contribution in [1.82, 2.24) is 9.80 Å². The summed E-state index contributed by atoms with van der Waals surface area (Å²) in [6, 6.07) is 1.28. The van der Waals surface area contributed by atoms with Gasteiger partial charge < -0.3 is 0 Å². The fourth-order valence-corrected chi connectivity index (χ4v) is 7.95. The molecule has 4 aliphatic heterocycles. The van der Waals surface area contributed by atoms with Crippen molar-refractivity contribution in [3.63, 3.8) is 0 Å². The Morgan fingerprint density at radius 3 is 1.41 bits per heavy atom. The number of hydrogen-bond donors (Lipinski definition) is 0. The van der Waals surface area contributed by atoms with Crippen LogP contribution in [-0.4, -0.2) is 62.8 Å². The highest BCUT2D eigenvalue weighted by atomic mass is 32.2. The Labute approximate surface area is 138 Å². The van der Waals surface area contributed by atoms with Gasteiger partial charge in [-0.3, -0.25) is 14.0 Å². The molecule has 0 aliphatic carbocycles. The lowest BCUT2D eigenvalue weighted by Crippen LogP contribution is -2.60. The van der Waals surface area contributed by atoms with Crippen molar-refractivity contribution in [2.75, 3.05) is 26.2 Å². The summed E-state index contributed by atoms with van der Waals surface area (Å²) in [6.07, 6.45) is 13.3. The van der Waals surface area contributed by atoms with Crippen molar-refractivity contribution in [3.05, 3.63) is 0 Å². The number of piperidine rings is 2. The number of fused-ring (bicyclic) bond motifs is 2. The second-order valence-electron chi connectivity index (χ2n) is 7.89. The van der Waals surface area contributed by atoms with Crippen molar-refractivity contribution in [2.24, 2.45) is 0 Å². The minimum atomic E-state index is -0.583. The molecule has 22 heavy (non-hydrogen) atoms. The molecule has 4 rings (SSSR count). The standard InChI is InChI=1S/C18H32N2OS/c21-22-17-10-8-16(20-13-5-2-6-14-20)18(22)9-7-15(17)19-11-3-1-4-12-19/h15-18H,1-14H2. The Kier molecular flexibility index (Phi) is 4.89. The molecule has 0 aromatic heterocycles. The second-order valence-corrected chi connectivity index (χ2v) is 9.76. The second kappa shape index (κ2) is 6.90. The number of hydrogen-bond acceptors (Lipinski definition) is 3. The van der Waals surface area contributed by atoms with E-state index in [2.05, 4.69) is 9.80 Å². The van der Waals surface area contributed by atoms with E-state index >= 15 is 0 Å². The quantitative estimate of drug-likeness (QED) is 0.780. The van der Waals surface area contributed by atoms with Gasteiger partial charge in [-0.2, -0.15) is 0 Å². The molecule has 4 atom stereocenters. The molecule has 4 heteroatoms. The van der Waals surface area contributed by atoms with Gasteiger partial charge in [0.2, 0.25) is 0 Å². The van der Waals surface area contributed by atoms with E-state index < -0.39 is 10.8 Å². The topological polar surface area (TPSA) is 23.6 Å². The maximum atomic E-state index is 13.2. The van der Waals surface area contributed by atoms with Crippen LogP contribution < -0.4 is 0 Å². The number of nitrogens with zero attached hydrogens (tertiary/aromatic N) is 2. The zero-order chi connectivity index (χ0) is 14.9. The van der Waals surface area contributed by atoms with Gasteiger partial charge in [0.05, 0.1) is 10.5 Å². The van der Waals surface area contributed by atoms with E-state index in [0.717, 1.165) is 0 Å². The van der Waals surface area contributed by atoms with Gasteiger partial charge in [0.1, 0.15) is 0 Å². The molecule has 2 bridgehead atoms. The van der Waals surface area contributed by atoms with Crippen molar-refractivity contribution in [3.8, 4) is 0 Å². The lowest BCUT2D eigenvalue weighted by atomic mass is 9.88. The third-order valence-electron chi connectivity index (χ3n) is 6.67. The average Bonchev–Trinajstić information content (AvgIpc) is 2.57. The fourth-order valence-electron chi connectivity index (χ4n) is 5.53. The van der Waals surface area contributed by atoms with E-state index in [1.807, 2.05) is 0 Å². The predicted octanol–water partition coefficient (Wildman–Crippen LogP) is 2.77. The molecule has 4 unspecified atom stereocenters. The van der Waals surface area contributed by atoms with Gasteiger partial charge in [-0.1, -0.05) is 12.8 Å². The highest BCUT2D eigenvalue weighted by Gasteiger charge is 2.47. The predicted molar refractivity (Wildman–Crippen MR) is 92.6 cm³/mol. The van der Waals surface area contributed by atoms with Gasteiger partial charge in [-0.05, 0) is 77.5 Å². The Bertz CT molecular complexity index is 368. The van der Waals surface area contributed by atoms with Gasteiger partial charge >= 0.3 is 0 Å². The molecule has 0 radical (unpaired) electrons. The van der Waals surface area contributed by atoms with Crippen LogP contribution in [0.25, 0.3) is 0 Å². The Morgan fingerprint density at radius 2 is 1.00 bits per heavy atom. The van der Waals surface area contributed by atoms with Crippen molar-refractivity contribution in [1.29, 1.82) is 0 Å². The van der Waals surface area contributed by atoms with Crippen molar-refractivity contribution in [2.45, 2.75) is 86.8 Å². The first-order valence-corrected chi connectivity index (χ1v) is 11.0. The molecule has 126 valence electrons. The highest BCUT2D eigenvalue weighted by molar-refractivity contribution is 7.86. The maximum Gasteiger partial charge on any atom is 0.0507 e. The molecule has 0 saturated carbocycles. The molecule has 0 N–H and O–H groups in total. The molecule has 4 saturated heterocycles. The Balaban J connectivity index is 1.44. The minimum Gasteiger partial charge on any atom is -0.299 e. The van der Waals surface area contributed by atoms with E-state index in [0.29, 0.717) is 22.6 Å². The lowest BCUT2D eigenvalue weighted by molar-refractivity contribution is 0.0987. The highest BCUT2D eigenvalue weighted by Crippen LogP contribution is 2.39. The molecule has 4 heterocycles. The molecule has 0 aromatic rings. The molecule has 3 nitrogen and oxygen atoms in total. The van der Waals surface area contributed by atoms with E-state index in [1.165, 1.54) is 90.4 Å². The molecule has 0 spiro atoms. The third-order valence-corrected chi connectivity index (χ3v) is 8.96. The van der Waals surface area contributed by atoms with E-state index in [1.54, 1.807) is 0 Å². The van der Waals surface area contributed by atoms with Crippen LogP contribution in [0.15, 0.2) is 0 Å². The van der Waals surface area contributed by atoms with Gasteiger partial charge in [0, 0.05) is 22.9 Å². The van der Waals surface area contributed by atoms with Crippen LogP contribution in [0.2, 0.25) is 0 Å². The Hall–Kier alpha value is 0.0700. The summed E-state index contributed by atoms with van der Waals surface area (Å²) in [4.78, 5) is 5.40. The molecule has 0 aromatic carbocycles. The number of rotatable bonds is 2. The zero-order valence-electron chi connectivity index (χ0n) is 13.9. The average molecular weight is 325 g/mol. The summed E-state index contributed by atoms with van der Waals surface area (Å²) >= 11 is 0. The molecule has 4 fully saturated rings. The van der Waals surface area contributed by atoms with E-state index in [-0.39, 0.29) is 0 Å². The van der Waals surface area contributed by atoms with Crippen LogP contribution in [-0.2, 0) is 10.8 Å². The summed E-state index contributed by atoms with van der Waals surface area (Å²) in [5.74, 6) is 0. The van der Waals surface area contributed by atoms with Gasteiger partial charge in [-0.15, -0.1) is 0 Å². The Morgan fingerprint density at radius 1 is 0.591 bits per heavy atom.